The molecule has 1 rings (SSSR count). The number of carbonyl (C=O) groups excluding carboxylic acids is 1. The largest absolute Gasteiger partial charge is 0.461 e. The molecule has 0 saturated carbocycles. The topological polar surface area (TPSA) is 59.3 Å². The first-order valence-corrected chi connectivity index (χ1v) is 6.66. The molecule has 0 aliphatic rings. The Hall–Kier alpha value is -1.86. The maximum atomic E-state index is 11.1. The fraction of sp³-hybridized carbons (Fsp3) is 0.500. The van der Waals surface area contributed by atoms with E-state index in [-0.39, 0.29) is 5.97 Å². The maximum absolute atomic E-state index is 11.1. The highest BCUT2D eigenvalue weighted by atomic mass is 16.5. The molecule has 0 heterocycles. The van der Waals surface area contributed by atoms with Gasteiger partial charge in [0.1, 0.15) is 6.10 Å². The molecule has 0 unspecified atom stereocenters. The zero-order valence-corrected chi connectivity index (χ0v) is 12.3. The van der Waals surface area contributed by atoms with Crippen molar-refractivity contribution >= 4 is 5.97 Å². The minimum absolute atomic E-state index is 0.374. The molecule has 0 amide bonds. The molecule has 1 aromatic rings. The van der Waals surface area contributed by atoms with E-state index in [9.17, 15) is 4.79 Å². The minimum atomic E-state index is -0.720. The summed E-state index contributed by atoms with van der Waals surface area (Å²) in [6.45, 7) is 5.83. The number of ether oxygens (including phenoxy) is 2. The van der Waals surface area contributed by atoms with Crippen LogP contribution in [0.15, 0.2) is 30.3 Å². The van der Waals surface area contributed by atoms with Gasteiger partial charge in [-0.2, -0.15) is 5.26 Å². The van der Waals surface area contributed by atoms with Crippen molar-refractivity contribution in [2.45, 2.75) is 39.9 Å². The molecule has 0 radical (unpaired) electrons. The lowest BCUT2D eigenvalue weighted by molar-refractivity contribution is -0.151. The first-order chi connectivity index (χ1) is 9.45. The summed E-state index contributed by atoms with van der Waals surface area (Å²) < 4.78 is 10.8. The molecule has 0 N–H and O–H groups in total. The SMILES string of the molecule is CC(=O)O[C@@H](CCOCc1ccccc1)C(C)(C)C#N. The molecule has 1 aromatic carbocycles. The smallest absolute Gasteiger partial charge is 0.302 e. The third-order valence-electron chi connectivity index (χ3n) is 3.04. The lowest BCUT2D eigenvalue weighted by Crippen LogP contribution is -2.33. The third-order valence-corrected chi connectivity index (χ3v) is 3.04. The Morgan fingerprint density at radius 2 is 2.00 bits per heavy atom. The first-order valence-electron chi connectivity index (χ1n) is 6.66. The zero-order valence-electron chi connectivity index (χ0n) is 12.3. The van der Waals surface area contributed by atoms with Gasteiger partial charge in [-0.15, -0.1) is 0 Å². The van der Waals surface area contributed by atoms with Crippen molar-refractivity contribution in [3.05, 3.63) is 35.9 Å². The highest BCUT2D eigenvalue weighted by Gasteiger charge is 2.31. The first kappa shape index (κ1) is 16.2. The van der Waals surface area contributed by atoms with Gasteiger partial charge in [0.05, 0.1) is 24.7 Å². The molecule has 4 heteroatoms. The Kier molecular flexibility index (Phi) is 6.20. The number of nitriles is 1. The van der Waals surface area contributed by atoms with E-state index in [1.54, 1.807) is 13.8 Å². The number of nitrogens with zero attached hydrogens (tertiary/aromatic N) is 1. The van der Waals surface area contributed by atoms with Crippen LogP contribution in [0.25, 0.3) is 0 Å². The summed E-state index contributed by atoms with van der Waals surface area (Å²) in [6, 6.07) is 12.0. The summed E-state index contributed by atoms with van der Waals surface area (Å²) in [5, 5.41) is 9.13. The van der Waals surface area contributed by atoms with Crippen LogP contribution in [0.1, 0.15) is 32.8 Å². The van der Waals surface area contributed by atoms with Crippen LogP contribution < -0.4 is 0 Å². The van der Waals surface area contributed by atoms with Crippen LogP contribution in [0.5, 0.6) is 0 Å². The lowest BCUT2D eigenvalue weighted by atomic mass is 9.86. The summed E-state index contributed by atoms with van der Waals surface area (Å²) >= 11 is 0. The van der Waals surface area contributed by atoms with Crippen LogP contribution in [0, 0.1) is 16.7 Å². The number of benzene rings is 1. The molecule has 0 aliphatic carbocycles. The summed E-state index contributed by atoms with van der Waals surface area (Å²) in [6.07, 6.45) is 0.0493. The van der Waals surface area contributed by atoms with E-state index in [2.05, 4.69) is 6.07 Å². The molecule has 4 nitrogen and oxygen atoms in total. The molecule has 108 valence electrons. The lowest BCUT2D eigenvalue weighted by Gasteiger charge is -2.27. The average molecular weight is 275 g/mol. The van der Waals surface area contributed by atoms with Crippen molar-refractivity contribution in [3.63, 3.8) is 0 Å². The second kappa shape index (κ2) is 7.66. The van der Waals surface area contributed by atoms with Crippen LogP contribution in [0.3, 0.4) is 0 Å². The van der Waals surface area contributed by atoms with E-state index in [0.717, 1.165) is 5.56 Å². The number of esters is 1. The molecular weight excluding hydrogens is 254 g/mol. The van der Waals surface area contributed by atoms with Gasteiger partial charge in [0, 0.05) is 13.3 Å². The Morgan fingerprint density at radius 3 is 2.55 bits per heavy atom. The van der Waals surface area contributed by atoms with Crippen molar-refractivity contribution in [2.24, 2.45) is 5.41 Å². The molecule has 1 atom stereocenters. The molecule has 0 fully saturated rings. The molecular formula is C16H21NO3. The highest BCUT2D eigenvalue weighted by molar-refractivity contribution is 5.66. The van der Waals surface area contributed by atoms with E-state index in [1.807, 2.05) is 30.3 Å². The maximum Gasteiger partial charge on any atom is 0.302 e. The second-order valence-electron chi connectivity index (χ2n) is 5.26. The summed E-state index contributed by atoms with van der Waals surface area (Å²) in [5.74, 6) is -0.374. The summed E-state index contributed by atoms with van der Waals surface area (Å²) in [4.78, 5) is 11.1. The van der Waals surface area contributed by atoms with Gasteiger partial charge < -0.3 is 9.47 Å². The summed E-state index contributed by atoms with van der Waals surface area (Å²) in [5.41, 5.74) is 0.373. The second-order valence-corrected chi connectivity index (χ2v) is 5.26. The van der Waals surface area contributed by atoms with Gasteiger partial charge >= 0.3 is 5.97 Å². The molecule has 0 spiro atoms. The normalized spacial score (nSPS) is 12.5. The third kappa shape index (κ3) is 5.41. The number of hydrogen-bond donors (Lipinski definition) is 0. The van der Waals surface area contributed by atoms with Gasteiger partial charge in [0.25, 0.3) is 0 Å². The standard InChI is InChI=1S/C16H21NO3/c1-13(18)20-15(16(2,3)12-17)9-10-19-11-14-7-5-4-6-8-14/h4-8,15H,9-11H2,1-3H3/t15-/m0/s1. The van der Waals surface area contributed by atoms with Crippen LogP contribution in [0.4, 0.5) is 0 Å². The molecule has 0 saturated heterocycles. The van der Waals surface area contributed by atoms with E-state index in [4.69, 9.17) is 14.7 Å². The van der Waals surface area contributed by atoms with Crippen LogP contribution >= 0.6 is 0 Å². The fourth-order valence-corrected chi connectivity index (χ4v) is 1.79. The van der Waals surface area contributed by atoms with Gasteiger partial charge in [0.15, 0.2) is 0 Å². The van der Waals surface area contributed by atoms with Crippen LogP contribution in [0.2, 0.25) is 0 Å². The van der Waals surface area contributed by atoms with Crippen molar-refractivity contribution in [1.29, 1.82) is 5.26 Å². The Labute approximate surface area is 120 Å². The average Bonchev–Trinajstić information content (AvgIpc) is 2.43. The van der Waals surface area contributed by atoms with Crippen molar-refractivity contribution in [1.82, 2.24) is 0 Å². The van der Waals surface area contributed by atoms with Gasteiger partial charge in [-0.25, -0.2) is 0 Å². The van der Waals surface area contributed by atoms with Crippen molar-refractivity contribution in [2.75, 3.05) is 6.61 Å². The van der Waals surface area contributed by atoms with Gasteiger partial charge in [-0.3, -0.25) is 4.79 Å². The summed E-state index contributed by atoms with van der Waals surface area (Å²) in [7, 11) is 0. The highest BCUT2D eigenvalue weighted by Crippen LogP contribution is 2.25. The Balaban J connectivity index is 2.43. The van der Waals surface area contributed by atoms with Crippen LogP contribution in [-0.4, -0.2) is 18.7 Å². The molecule has 0 bridgehead atoms. The van der Waals surface area contributed by atoms with E-state index in [1.165, 1.54) is 6.92 Å². The predicted octanol–water partition coefficient (Wildman–Crippen LogP) is 3.07. The minimum Gasteiger partial charge on any atom is -0.461 e. The van der Waals surface area contributed by atoms with Crippen molar-refractivity contribution < 1.29 is 14.3 Å². The molecule has 0 aliphatic heterocycles. The van der Waals surface area contributed by atoms with E-state index < -0.39 is 11.5 Å². The number of hydrogen-bond acceptors (Lipinski definition) is 4. The molecule has 0 aromatic heterocycles. The van der Waals surface area contributed by atoms with Crippen LogP contribution in [-0.2, 0) is 20.9 Å². The predicted molar refractivity (Wildman–Crippen MR) is 75.7 cm³/mol. The number of rotatable bonds is 7. The van der Waals surface area contributed by atoms with Gasteiger partial charge in [0.2, 0.25) is 0 Å². The Morgan fingerprint density at radius 1 is 1.35 bits per heavy atom. The fourth-order valence-electron chi connectivity index (χ4n) is 1.79. The Bertz CT molecular complexity index is 462. The quantitative estimate of drug-likeness (QED) is 0.567. The van der Waals surface area contributed by atoms with Gasteiger partial charge in [-0.1, -0.05) is 30.3 Å². The van der Waals surface area contributed by atoms with Gasteiger partial charge in [-0.05, 0) is 19.4 Å². The molecule has 20 heavy (non-hydrogen) atoms. The number of carbonyl (C=O) groups is 1. The van der Waals surface area contributed by atoms with E-state index in [0.29, 0.717) is 19.6 Å². The zero-order chi connectivity index (χ0) is 15.0. The van der Waals surface area contributed by atoms with E-state index >= 15 is 0 Å². The van der Waals surface area contributed by atoms with Crippen molar-refractivity contribution in [3.8, 4) is 6.07 Å². The monoisotopic (exact) mass is 275 g/mol.